The predicted octanol–water partition coefficient (Wildman–Crippen LogP) is 10.1. The first-order chi connectivity index (χ1) is 21.0. The minimum Gasteiger partial charge on any atom is -0.744 e. The molecular weight excluding hydrogens is 633 g/mol. The van der Waals surface area contributed by atoms with Crippen molar-refractivity contribution in [1.82, 2.24) is 0 Å². The van der Waals surface area contributed by atoms with E-state index in [0.717, 1.165) is 75.3 Å². The van der Waals surface area contributed by atoms with Gasteiger partial charge < -0.3 is 9.11 Å². The first-order valence-electron chi connectivity index (χ1n) is 17.1. The molecular formula is C36H58CaO6S2. The molecule has 6 nitrogen and oxygen atoms in total. The third-order valence-corrected chi connectivity index (χ3v) is 10.2. The maximum absolute atomic E-state index is 11.5. The van der Waals surface area contributed by atoms with E-state index >= 15 is 0 Å². The quantitative estimate of drug-likeness (QED) is 0.0690. The fourth-order valence-electron chi connectivity index (χ4n) is 5.89. The van der Waals surface area contributed by atoms with Gasteiger partial charge >= 0.3 is 37.7 Å². The Balaban J connectivity index is 0.000000842. The van der Waals surface area contributed by atoms with E-state index < -0.39 is 20.2 Å². The van der Waals surface area contributed by atoms with E-state index in [1.807, 2.05) is 24.3 Å². The third-order valence-electron chi connectivity index (χ3n) is 8.38. The predicted molar refractivity (Wildman–Crippen MR) is 186 cm³/mol. The van der Waals surface area contributed by atoms with Gasteiger partial charge in [0, 0.05) is 0 Å². The van der Waals surface area contributed by atoms with E-state index in [2.05, 4.69) is 27.7 Å². The summed E-state index contributed by atoms with van der Waals surface area (Å²) >= 11 is 0. The summed E-state index contributed by atoms with van der Waals surface area (Å²) in [5.74, 6) is 0.364. The van der Waals surface area contributed by atoms with Crippen molar-refractivity contribution in [1.29, 1.82) is 0 Å². The minimum atomic E-state index is -4.39. The van der Waals surface area contributed by atoms with E-state index in [1.54, 1.807) is 12.1 Å². The second-order valence-corrected chi connectivity index (χ2v) is 14.8. The fourth-order valence-corrected chi connectivity index (χ4v) is 7.43. The molecule has 2 aromatic carbocycles. The van der Waals surface area contributed by atoms with Crippen LogP contribution >= 0.6 is 0 Å². The Labute approximate surface area is 306 Å². The maximum Gasteiger partial charge on any atom is 2.00 e. The van der Waals surface area contributed by atoms with Crippen LogP contribution in [0.5, 0.6) is 0 Å². The summed E-state index contributed by atoms with van der Waals surface area (Å²) in [5.41, 5.74) is 1.45. The summed E-state index contributed by atoms with van der Waals surface area (Å²) in [4.78, 5) is -0.0469. The van der Waals surface area contributed by atoms with Crippen LogP contribution in [0.1, 0.15) is 166 Å². The van der Waals surface area contributed by atoms with Gasteiger partial charge in [0.15, 0.2) is 0 Å². The van der Waals surface area contributed by atoms with Gasteiger partial charge in [-0.05, 0) is 60.8 Å². The van der Waals surface area contributed by atoms with Crippen LogP contribution in [0.2, 0.25) is 0 Å². The average molecular weight is 691 g/mol. The van der Waals surface area contributed by atoms with Crippen molar-refractivity contribution in [2.24, 2.45) is 0 Å². The zero-order chi connectivity index (χ0) is 32.8. The Morgan fingerprint density at radius 3 is 1.07 bits per heavy atom. The molecule has 0 N–H and O–H groups in total. The first-order valence-corrected chi connectivity index (χ1v) is 19.9. The molecule has 0 aliphatic rings. The number of rotatable bonds is 22. The van der Waals surface area contributed by atoms with Crippen LogP contribution in [-0.4, -0.2) is 63.7 Å². The molecule has 0 radical (unpaired) electrons. The maximum atomic E-state index is 11.5. The number of hydrogen-bond acceptors (Lipinski definition) is 6. The molecule has 0 bridgehead atoms. The molecule has 2 aromatic rings. The summed E-state index contributed by atoms with van der Waals surface area (Å²) in [6.45, 7) is 8.65. The van der Waals surface area contributed by atoms with Crippen molar-refractivity contribution in [3.8, 4) is 0 Å². The molecule has 9 heteroatoms. The Morgan fingerprint density at radius 2 is 0.756 bits per heavy atom. The molecule has 0 heterocycles. The molecule has 45 heavy (non-hydrogen) atoms. The van der Waals surface area contributed by atoms with Crippen LogP contribution in [0.3, 0.4) is 0 Å². The Hall–Kier alpha value is -0.480. The Bertz CT molecular complexity index is 1150. The van der Waals surface area contributed by atoms with Gasteiger partial charge in [0.2, 0.25) is 0 Å². The largest absolute Gasteiger partial charge is 2.00 e. The summed E-state index contributed by atoms with van der Waals surface area (Å²) < 4.78 is 68.9. The van der Waals surface area contributed by atoms with Crippen molar-refractivity contribution in [3.63, 3.8) is 0 Å². The first kappa shape index (κ1) is 44.5. The van der Waals surface area contributed by atoms with Crippen molar-refractivity contribution in [2.75, 3.05) is 0 Å². The summed E-state index contributed by atoms with van der Waals surface area (Å²) in [5, 5.41) is 0. The van der Waals surface area contributed by atoms with Gasteiger partial charge in [-0.3, -0.25) is 0 Å². The van der Waals surface area contributed by atoms with E-state index in [-0.39, 0.29) is 59.4 Å². The van der Waals surface area contributed by atoms with E-state index in [9.17, 15) is 25.9 Å². The topological polar surface area (TPSA) is 114 Å². The zero-order valence-electron chi connectivity index (χ0n) is 28.5. The molecule has 0 aromatic heterocycles. The van der Waals surface area contributed by atoms with E-state index in [0.29, 0.717) is 0 Å². The second-order valence-electron chi connectivity index (χ2n) is 12.1. The van der Waals surface area contributed by atoms with Gasteiger partial charge in [0.05, 0.1) is 9.79 Å². The molecule has 0 saturated carbocycles. The summed E-state index contributed by atoms with van der Waals surface area (Å²) in [6, 6.07) is 13.5. The summed E-state index contributed by atoms with van der Waals surface area (Å²) in [7, 11) is -8.79. The van der Waals surface area contributed by atoms with Crippen molar-refractivity contribution < 1.29 is 25.9 Å². The van der Waals surface area contributed by atoms with Crippen molar-refractivity contribution in [3.05, 3.63) is 59.7 Å². The molecule has 0 fully saturated rings. The van der Waals surface area contributed by atoms with E-state index in [4.69, 9.17) is 0 Å². The molecule has 0 spiro atoms. The number of unbranched alkanes of at least 4 members (excludes halogenated alkanes) is 10. The Kier molecular flexibility index (Phi) is 25.3. The fraction of sp³-hybridized carbons (Fsp3) is 0.667. The zero-order valence-corrected chi connectivity index (χ0v) is 32.3. The van der Waals surface area contributed by atoms with E-state index in [1.165, 1.54) is 63.5 Å². The molecule has 0 amide bonds. The molecule has 0 aliphatic heterocycles. The minimum absolute atomic E-state index is 0. The molecule has 2 unspecified atom stereocenters. The Morgan fingerprint density at radius 1 is 0.467 bits per heavy atom. The van der Waals surface area contributed by atoms with Gasteiger partial charge in [0.25, 0.3) is 0 Å². The standard InChI is InChI=1S/2C18H30O3S.Ca/c2*1-3-5-7-8-9-13-16(12-6-4-2)17-14-10-11-15-18(17)22(19,20)21;/h2*10-11,14-16H,3-9,12-13H2,1-2H3,(H,19,20,21);/q;;+2/p-2. The van der Waals surface area contributed by atoms with Crippen LogP contribution in [0.25, 0.3) is 0 Å². The smallest absolute Gasteiger partial charge is 0.744 e. The summed E-state index contributed by atoms with van der Waals surface area (Å²) in [6.07, 6.45) is 20.1. The van der Waals surface area contributed by atoms with Crippen LogP contribution in [0.15, 0.2) is 58.3 Å². The van der Waals surface area contributed by atoms with Crippen LogP contribution in [0.4, 0.5) is 0 Å². The van der Waals surface area contributed by atoms with Gasteiger partial charge in [-0.25, -0.2) is 16.8 Å². The molecule has 252 valence electrons. The number of benzene rings is 2. The monoisotopic (exact) mass is 690 g/mol. The van der Waals surface area contributed by atoms with Crippen molar-refractivity contribution >= 4 is 58.0 Å². The van der Waals surface area contributed by atoms with Crippen molar-refractivity contribution in [2.45, 2.75) is 165 Å². The van der Waals surface area contributed by atoms with Crippen LogP contribution < -0.4 is 0 Å². The molecule has 0 saturated heterocycles. The normalized spacial score (nSPS) is 12.9. The van der Waals surface area contributed by atoms with Crippen LogP contribution in [0, 0.1) is 0 Å². The third kappa shape index (κ3) is 18.6. The molecule has 2 atom stereocenters. The average Bonchev–Trinajstić information content (AvgIpc) is 2.99. The molecule has 2 rings (SSSR count). The van der Waals surface area contributed by atoms with Gasteiger partial charge in [0.1, 0.15) is 20.2 Å². The SMILES string of the molecule is CCCCCCCC(CCCC)c1ccccc1S(=O)(=O)[O-].CCCCCCCC(CCCC)c1ccccc1S(=O)(=O)[O-].[Ca+2]. The van der Waals surface area contributed by atoms with Gasteiger partial charge in [-0.2, -0.15) is 0 Å². The number of hydrogen-bond donors (Lipinski definition) is 0. The van der Waals surface area contributed by atoms with Gasteiger partial charge in [-0.1, -0.05) is 154 Å². The van der Waals surface area contributed by atoms with Crippen LogP contribution in [-0.2, 0) is 20.2 Å². The molecule has 0 aliphatic carbocycles. The van der Waals surface area contributed by atoms with Gasteiger partial charge in [-0.15, -0.1) is 0 Å². The second kappa shape index (κ2) is 25.5.